The van der Waals surface area contributed by atoms with Gasteiger partial charge in [-0.15, -0.1) is 0 Å². The van der Waals surface area contributed by atoms with Gasteiger partial charge in [-0.1, -0.05) is 36.4 Å². The summed E-state index contributed by atoms with van der Waals surface area (Å²) >= 11 is 0. The van der Waals surface area contributed by atoms with Crippen molar-refractivity contribution < 1.29 is 9.13 Å². The Kier molecular flexibility index (Phi) is 4.24. The van der Waals surface area contributed by atoms with Crippen LogP contribution in [0.2, 0.25) is 0 Å². The molecule has 2 heterocycles. The van der Waals surface area contributed by atoms with Crippen molar-refractivity contribution in [2.24, 2.45) is 0 Å². The lowest BCUT2D eigenvalue weighted by molar-refractivity contribution is 0.244. The Balaban J connectivity index is 1.56. The van der Waals surface area contributed by atoms with Crippen LogP contribution in [0.15, 0.2) is 48.5 Å². The smallest absolute Gasteiger partial charge is 0.165 e. The van der Waals surface area contributed by atoms with E-state index in [-0.39, 0.29) is 5.82 Å². The molecule has 1 aliphatic rings. The highest BCUT2D eigenvalue weighted by atomic mass is 19.1. The van der Waals surface area contributed by atoms with Gasteiger partial charge in [-0.25, -0.2) is 4.39 Å². The maximum absolute atomic E-state index is 13.6. The zero-order valence-corrected chi connectivity index (χ0v) is 14.1. The fourth-order valence-corrected chi connectivity index (χ4v) is 3.38. The van der Waals surface area contributed by atoms with E-state index in [2.05, 4.69) is 27.2 Å². The molecule has 0 bridgehead atoms. The summed E-state index contributed by atoms with van der Waals surface area (Å²) in [7, 11) is 1.49. The molecule has 0 saturated heterocycles. The number of hydrogen-bond acceptors (Lipinski definition) is 3. The largest absolute Gasteiger partial charge is 0.494 e. The zero-order valence-electron chi connectivity index (χ0n) is 14.1. The number of methoxy groups -OCH3 is 1. The van der Waals surface area contributed by atoms with E-state index in [1.165, 1.54) is 24.4 Å². The van der Waals surface area contributed by atoms with Crippen LogP contribution in [-0.4, -0.2) is 28.8 Å². The van der Waals surface area contributed by atoms with Crippen LogP contribution in [0.4, 0.5) is 4.39 Å². The first kappa shape index (κ1) is 15.8. The van der Waals surface area contributed by atoms with Crippen molar-refractivity contribution in [3.05, 3.63) is 71.2 Å². The minimum Gasteiger partial charge on any atom is -0.494 e. The monoisotopic (exact) mass is 337 g/mol. The molecule has 0 unspecified atom stereocenters. The average Bonchev–Trinajstić information content (AvgIpc) is 3.07. The fraction of sp³-hybridized carbons (Fsp3) is 0.250. The molecule has 5 heteroatoms. The number of nitrogens with zero attached hydrogens (tertiary/aromatic N) is 2. The van der Waals surface area contributed by atoms with Crippen LogP contribution in [0.3, 0.4) is 0 Å². The van der Waals surface area contributed by atoms with Crippen molar-refractivity contribution in [3.8, 4) is 17.0 Å². The van der Waals surface area contributed by atoms with Crippen LogP contribution >= 0.6 is 0 Å². The highest BCUT2D eigenvalue weighted by Crippen LogP contribution is 2.29. The van der Waals surface area contributed by atoms with Gasteiger partial charge < -0.3 is 4.74 Å². The second kappa shape index (κ2) is 6.69. The van der Waals surface area contributed by atoms with Gasteiger partial charge in [-0.05, 0) is 17.7 Å². The number of hydrogen-bond donors (Lipinski definition) is 1. The molecular weight excluding hydrogens is 317 g/mol. The first-order valence-electron chi connectivity index (χ1n) is 8.41. The molecule has 1 aromatic heterocycles. The Bertz CT molecular complexity index is 876. The number of benzene rings is 2. The van der Waals surface area contributed by atoms with Gasteiger partial charge in [0.15, 0.2) is 11.6 Å². The Labute approximate surface area is 146 Å². The number of aromatic amines is 1. The first-order valence-corrected chi connectivity index (χ1v) is 8.41. The summed E-state index contributed by atoms with van der Waals surface area (Å²) in [6.07, 6.45) is 0.938. The first-order chi connectivity index (χ1) is 12.2. The van der Waals surface area contributed by atoms with E-state index in [4.69, 9.17) is 4.74 Å². The van der Waals surface area contributed by atoms with E-state index in [0.717, 1.165) is 42.9 Å². The Morgan fingerprint density at radius 2 is 2.04 bits per heavy atom. The minimum absolute atomic E-state index is 0.295. The lowest BCUT2D eigenvalue weighted by Gasteiger charge is -2.27. The number of fused-ring (bicyclic) bond motifs is 1. The van der Waals surface area contributed by atoms with Gasteiger partial charge in [0, 0.05) is 42.9 Å². The Morgan fingerprint density at radius 3 is 2.84 bits per heavy atom. The molecule has 0 radical (unpaired) electrons. The lowest BCUT2D eigenvalue weighted by atomic mass is 10.0. The number of halogens is 1. The molecule has 0 fully saturated rings. The quantitative estimate of drug-likeness (QED) is 0.788. The van der Waals surface area contributed by atoms with Crippen molar-refractivity contribution in [2.75, 3.05) is 13.7 Å². The third-order valence-electron chi connectivity index (χ3n) is 4.68. The summed E-state index contributed by atoms with van der Waals surface area (Å²) in [6, 6.07) is 15.3. The highest BCUT2D eigenvalue weighted by Gasteiger charge is 2.23. The van der Waals surface area contributed by atoms with Gasteiger partial charge in [0.05, 0.1) is 12.8 Å². The molecular formula is C20H20FN3O. The van der Waals surface area contributed by atoms with Crippen LogP contribution in [0.25, 0.3) is 11.3 Å². The van der Waals surface area contributed by atoms with Gasteiger partial charge in [0.2, 0.25) is 0 Å². The van der Waals surface area contributed by atoms with Crippen molar-refractivity contribution in [3.63, 3.8) is 0 Å². The summed E-state index contributed by atoms with van der Waals surface area (Å²) in [5.74, 6) is -0.0307. The maximum Gasteiger partial charge on any atom is 0.165 e. The predicted molar refractivity (Wildman–Crippen MR) is 94.8 cm³/mol. The second-order valence-electron chi connectivity index (χ2n) is 6.32. The van der Waals surface area contributed by atoms with Crippen LogP contribution in [0.1, 0.15) is 16.8 Å². The molecule has 128 valence electrons. The molecule has 0 atom stereocenters. The van der Waals surface area contributed by atoms with Crippen molar-refractivity contribution in [2.45, 2.75) is 19.5 Å². The van der Waals surface area contributed by atoms with E-state index in [0.29, 0.717) is 5.75 Å². The standard InChI is InChI=1S/C20H20FN3O/c1-25-19-11-14(7-8-17(19)21)12-24-10-9-18-16(13-24)20(23-22-18)15-5-3-2-4-6-15/h2-8,11H,9-10,12-13H2,1H3,(H,22,23). The molecule has 25 heavy (non-hydrogen) atoms. The van der Waals surface area contributed by atoms with Crippen LogP contribution < -0.4 is 4.74 Å². The molecule has 3 aromatic rings. The number of nitrogens with one attached hydrogen (secondary N) is 1. The SMILES string of the molecule is COc1cc(CN2CCc3[nH]nc(-c4ccccc4)c3C2)ccc1F. The number of ether oxygens (including phenoxy) is 1. The lowest BCUT2D eigenvalue weighted by Crippen LogP contribution is -2.30. The fourth-order valence-electron chi connectivity index (χ4n) is 3.38. The summed E-state index contributed by atoms with van der Waals surface area (Å²) < 4.78 is 18.7. The van der Waals surface area contributed by atoms with E-state index < -0.39 is 0 Å². The van der Waals surface area contributed by atoms with Gasteiger partial charge >= 0.3 is 0 Å². The van der Waals surface area contributed by atoms with Gasteiger partial charge in [-0.2, -0.15) is 5.10 Å². The van der Waals surface area contributed by atoms with E-state index >= 15 is 0 Å². The van der Waals surface area contributed by atoms with Crippen LogP contribution in [-0.2, 0) is 19.5 Å². The van der Waals surface area contributed by atoms with Gasteiger partial charge in [-0.3, -0.25) is 10.00 Å². The molecule has 0 saturated carbocycles. The van der Waals surface area contributed by atoms with Crippen LogP contribution in [0, 0.1) is 5.82 Å². The van der Waals surface area contributed by atoms with Gasteiger partial charge in [0.25, 0.3) is 0 Å². The molecule has 0 amide bonds. The summed E-state index contributed by atoms with van der Waals surface area (Å²) in [4.78, 5) is 2.36. The molecule has 4 rings (SSSR count). The molecule has 0 spiro atoms. The number of aromatic nitrogens is 2. The number of H-pyrrole nitrogens is 1. The molecule has 2 aromatic carbocycles. The van der Waals surface area contributed by atoms with Crippen molar-refractivity contribution >= 4 is 0 Å². The molecule has 1 aliphatic heterocycles. The van der Waals surface area contributed by atoms with Gasteiger partial charge in [0.1, 0.15) is 0 Å². The second-order valence-corrected chi connectivity index (χ2v) is 6.32. The Hall–Kier alpha value is -2.66. The van der Waals surface area contributed by atoms with E-state index in [1.54, 1.807) is 6.07 Å². The summed E-state index contributed by atoms with van der Waals surface area (Å²) in [5, 5.41) is 7.72. The van der Waals surface area contributed by atoms with Crippen molar-refractivity contribution in [1.29, 1.82) is 0 Å². The van der Waals surface area contributed by atoms with E-state index in [9.17, 15) is 4.39 Å². The summed E-state index contributed by atoms with van der Waals surface area (Å²) in [6.45, 7) is 2.54. The topological polar surface area (TPSA) is 41.1 Å². The zero-order chi connectivity index (χ0) is 17.2. The van der Waals surface area contributed by atoms with Crippen LogP contribution in [0.5, 0.6) is 5.75 Å². The maximum atomic E-state index is 13.6. The third kappa shape index (κ3) is 3.15. The molecule has 0 aliphatic carbocycles. The highest BCUT2D eigenvalue weighted by molar-refractivity contribution is 5.64. The summed E-state index contributed by atoms with van der Waals surface area (Å²) in [5.41, 5.74) is 5.67. The average molecular weight is 337 g/mol. The molecule has 4 nitrogen and oxygen atoms in total. The normalized spacial score (nSPS) is 14.3. The van der Waals surface area contributed by atoms with E-state index in [1.807, 2.05) is 24.3 Å². The molecule has 1 N–H and O–H groups in total. The van der Waals surface area contributed by atoms with Crippen molar-refractivity contribution in [1.82, 2.24) is 15.1 Å². The minimum atomic E-state index is -0.326. The predicted octanol–water partition coefficient (Wildman–Crippen LogP) is 3.78. The Morgan fingerprint density at radius 1 is 1.20 bits per heavy atom. The number of rotatable bonds is 4. The third-order valence-corrected chi connectivity index (χ3v) is 4.68.